The van der Waals surface area contributed by atoms with Crippen LogP contribution < -0.4 is 15.0 Å². The summed E-state index contributed by atoms with van der Waals surface area (Å²) < 4.78 is 11.7. The number of ether oxygens (including phenoxy) is 2. The molecular weight excluding hydrogens is 362 g/mol. The van der Waals surface area contributed by atoms with Crippen molar-refractivity contribution in [2.24, 2.45) is 0 Å². The van der Waals surface area contributed by atoms with E-state index in [0.717, 1.165) is 12.0 Å². The summed E-state index contributed by atoms with van der Waals surface area (Å²) in [5, 5.41) is 9.90. The van der Waals surface area contributed by atoms with Crippen LogP contribution in [0.4, 0.5) is 0 Å². The minimum atomic E-state index is -0.457. The van der Waals surface area contributed by atoms with Crippen molar-refractivity contribution in [1.82, 2.24) is 9.97 Å². The number of allylic oxidation sites excluding steroid dienone is 1. The van der Waals surface area contributed by atoms with Gasteiger partial charge in [-0.3, -0.25) is 4.79 Å². The molecule has 1 N–H and O–H groups in total. The van der Waals surface area contributed by atoms with Gasteiger partial charge in [0, 0.05) is 11.1 Å². The Kier molecular flexibility index (Phi) is 7.50. The fourth-order valence-corrected chi connectivity index (χ4v) is 2.97. The summed E-state index contributed by atoms with van der Waals surface area (Å²) in [5.41, 5.74) is 1.36. The first kappa shape index (κ1) is 20.6. The molecule has 142 valence electrons. The van der Waals surface area contributed by atoms with Crippen molar-refractivity contribution in [2.45, 2.75) is 31.8 Å². The fraction of sp³-hybridized carbons (Fsp3) is 0.350. The average molecular weight is 385 g/mol. The Bertz CT molecular complexity index is 916. The van der Waals surface area contributed by atoms with Gasteiger partial charge in [0.05, 0.1) is 18.9 Å². The van der Waals surface area contributed by atoms with Crippen molar-refractivity contribution in [3.63, 3.8) is 0 Å². The SMILES string of the molecule is C=CCc1cc(-c2nc(SC)[nH]c(=O)c2C#N)cc(OCC)c1OCCC. The van der Waals surface area contributed by atoms with Crippen LogP contribution in [0.25, 0.3) is 11.3 Å². The number of hydrogen-bond acceptors (Lipinski definition) is 6. The van der Waals surface area contributed by atoms with E-state index in [-0.39, 0.29) is 5.56 Å². The molecule has 2 aromatic rings. The molecule has 6 nitrogen and oxygen atoms in total. The zero-order chi connectivity index (χ0) is 19.8. The lowest BCUT2D eigenvalue weighted by molar-refractivity contribution is 0.275. The molecule has 27 heavy (non-hydrogen) atoms. The first-order valence-electron chi connectivity index (χ1n) is 8.71. The van der Waals surface area contributed by atoms with Crippen molar-refractivity contribution in [1.29, 1.82) is 5.26 Å². The molecule has 0 saturated carbocycles. The van der Waals surface area contributed by atoms with E-state index in [1.807, 2.05) is 32.2 Å². The van der Waals surface area contributed by atoms with Crippen LogP contribution in [0.15, 0.2) is 34.7 Å². The molecule has 0 saturated heterocycles. The van der Waals surface area contributed by atoms with Gasteiger partial charge in [-0.1, -0.05) is 24.8 Å². The molecular formula is C20H23N3O3S. The molecule has 1 aromatic heterocycles. The normalized spacial score (nSPS) is 10.3. The van der Waals surface area contributed by atoms with Crippen molar-refractivity contribution < 1.29 is 9.47 Å². The van der Waals surface area contributed by atoms with Crippen LogP contribution in [-0.4, -0.2) is 29.4 Å². The van der Waals surface area contributed by atoms with Crippen LogP contribution in [0.5, 0.6) is 11.5 Å². The monoisotopic (exact) mass is 385 g/mol. The second-order valence-electron chi connectivity index (χ2n) is 5.65. The first-order valence-corrected chi connectivity index (χ1v) is 9.94. The van der Waals surface area contributed by atoms with Gasteiger partial charge in [0.15, 0.2) is 16.7 Å². The number of benzene rings is 1. The minimum Gasteiger partial charge on any atom is -0.490 e. The Hall–Kier alpha value is -2.72. The average Bonchev–Trinajstić information content (AvgIpc) is 2.67. The molecule has 0 radical (unpaired) electrons. The third-order valence-corrected chi connectivity index (χ3v) is 4.30. The van der Waals surface area contributed by atoms with Gasteiger partial charge in [0.25, 0.3) is 5.56 Å². The van der Waals surface area contributed by atoms with Crippen LogP contribution in [0.1, 0.15) is 31.4 Å². The highest BCUT2D eigenvalue weighted by Gasteiger charge is 2.19. The maximum atomic E-state index is 12.3. The van der Waals surface area contributed by atoms with E-state index in [1.54, 1.807) is 12.1 Å². The standard InChI is InChI=1S/C20H23N3O3S/c1-5-8-13-10-14(11-16(25-7-3)18(13)26-9-6-2)17-15(12-21)19(24)23-20(22-17)27-4/h5,10-11H,1,6-9H2,2-4H3,(H,22,23,24). The Balaban J connectivity index is 2.74. The maximum Gasteiger partial charge on any atom is 0.270 e. The van der Waals surface area contributed by atoms with E-state index in [2.05, 4.69) is 16.5 Å². The molecule has 2 rings (SSSR count). The predicted octanol–water partition coefficient (Wildman–Crippen LogP) is 3.95. The highest BCUT2D eigenvalue weighted by Crippen LogP contribution is 2.37. The zero-order valence-corrected chi connectivity index (χ0v) is 16.6. The minimum absolute atomic E-state index is 0.0259. The van der Waals surface area contributed by atoms with Crippen LogP contribution in [-0.2, 0) is 6.42 Å². The van der Waals surface area contributed by atoms with E-state index in [1.165, 1.54) is 11.8 Å². The molecule has 0 spiro atoms. The Labute approximate surface area is 163 Å². The molecule has 1 aromatic carbocycles. The zero-order valence-electron chi connectivity index (χ0n) is 15.8. The smallest absolute Gasteiger partial charge is 0.270 e. The molecule has 0 atom stereocenters. The number of thioether (sulfide) groups is 1. The lowest BCUT2D eigenvalue weighted by Gasteiger charge is -2.17. The summed E-state index contributed by atoms with van der Waals surface area (Å²) in [6.07, 6.45) is 5.02. The summed E-state index contributed by atoms with van der Waals surface area (Å²) in [4.78, 5) is 19.3. The molecule has 0 aliphatic heterocycles. The molecule has 0 unspecified atom stereocenters. The number of hydrogen-bond donors (Lipinski definition) is 1. The molecule has 0 amide bonds. The van der Waals surface area contributed by atoms with E-state index < -0.39 is 5.56 Å². The number of H-pyrrole nitrogens is 1. The van der Waals surface area contributed by atoms with Crippen LogP contribution in [0, 0.1) is 11.3 Å². The summed E-state index contributed by atoms with van der Waals surface area (Å²) in [5.74, 6) is 1.23. The second kappa shape index (κ2) is 9.83. The van der Waals surface area contributed by atoms with Gasteiger partial charge in [-0.05, 0) is 38.2 Å². The number of nitrogens with one attached hydrogen (secondary N) is 1. The van der Waals surface area contributed by atoms with Crippen LogP contribution in [0.3, 0.4) is 0 Å². The van der Waals surface area contributed by atoms with E-state index >= 15 is 0 Å². The Morgan fingerprint density at radius 3 is 2.74 bits per heavy atom. The number of rotatable bonds is 9. The highest BCUT2D eigenvalue weighted by molar-refractivity contribution is 7.98. The van der Waals surface area contributed by atoms with Gasteiger partial charge in [0.2, 0.25) is 0 Å². The first-order chi connectivity index (χ1) is 13.1. The Morgan fingerprint density at radius 1 is 1.37 bits per heavy atom. The lowest BCUT2D eigenvalue weighted by Crippen LogP contribution is -2.15. The molecule has 0 bridgehead atoms. The summed E-state index contributed by atoms with van der Waals surface area (Å²) in [6, 6.07) is 5.61. The summed E-state index contributed by atoms with van der Waals surface area (Å²) in [7, 11) is 0. The molecule has 0 aliphatic carbocycles. The van der Waals surface area contributed by atoms with Crippen LogP contribution in [0.2, 0.25) is 0 Å². The number of nitrogens with zero attached hydrogens (tertiary/aromatic N) is 2. The number of aromatic nitrogens is 2. The summed E-state index contributed by atoms with van der Waals surface area (Å²) >= 11 is 1.31. The third kappa shape index (κ3) is 4.72. The highest BCUT2D eigenvalue weighted by atomic mass is 32.2. The van der Waals surface area contributed by atoms with Gasteiger partial charge in [-0.2, -0.15) is 5.26 Å². The molecule has 0 fully saturated rings. The maximum absolute atomic E-state index is 12.3. The van der Waals surface area contributed by atoms with Crippen molar-refractivity contribution in [3.8, 4) is 28.8 Å². The summed E-state index contributed by atoms with van der Waals surface area (Å²) in [6.45, 7) is 8.76. The molecule has 7 heteroatoms. The van der Waals surface area contributed by atoms with Gasteiger partial charge < -0.3 is 14.5 Å². The van der Waals surface area contributed by atoms with E-state index in [4.69, 9.17) is 9.47 Å². The quantitative estimate of drug-likeness (QED) is 0.399. The number of nitriles is 1. The third-order valence-electron chi connectivity index (χ3n) is 3.72. The van der Waals surface area contributed by atoms with Gasteiger partial charge in [-0.25, -0.2) is 4.98 Å². The molecule has 0 aliphatic rings. The van der Waals surface area contributed by atoms with E-state index in [9.17, 15) is 10.1 Å². The number of aromatic amines is 1. The lowest BCUT2D eigenvalue weighted by atomic mass is 10.0. The Morgan fingerprint density at radius 2 is 2.15 bits per heavy atom. The predicted molar refractivity (Wildman–Crippen MR) is 108 cm³/mol. The topological polar surface area (TPSA) is 88.0 Å². The van der Waals surface area contributed by atoms with Gasteiger partial charge in [0.1, 0.15) is 11.6 Å². The largest absolute Gasteiger partial charge is 0.490 e. The van der Waals surface area contributed by atoms with E-state index in [0.29, 0.717) is 47.5 Å². The van der Waals surface area contributed by atoms with Crippen LogP contribution >= 0.6 is 11.8 Å². The second-order valence-corrected chi connectivity index (χ2v) is 6.44. The van der Waals surface area contributed by atoms with Crippen molar-refractivity contribution in [3.05, 3.63) is 46.3 Å². The molecule has 1 heterocycles. The van der Waals surface area contributed by atoms with Gasteiger partial charge >= 0.3 is 0 Å². The fourth-order valence-electron chi connectivity index (χ4n) is 2.60. The van der Waals surface area contributed by atoms with Gasteiger partial charge in [-0.15, -0.1) is 6.58 Å². The van der Waals surface area contributed by atoms with Crippen molar-refractivity contribution >= 4 is 11.8 Å². The van der Waals surface area contributed by atoms with Crippen molar-refractivity contribution in [2.75, 3.05) is 19.5 Å².